The first kappa shape index (κ1) is 84.0. The number of phosphoric acid groups is 1. The first-order chi connectivity index (χ1) is 41.5. The van der Waals surface area contributed by atoms with Crippen molar-refractivity contribution in [3.63, 3.8) is 0 Å². The Kier molecular flexibility index (Phi) is 66.6. The molecule has 0 amide bonds. The Hall–Kier alpha value is -0.990. The van der Waals surface area contributed by atoms with Crippen molar-refractivity contribution in [2.24, 2.45) is 0 Å². The standard InChI is InChI=1S/C75H150NO8P/c1-6-8-10-12-14-16-18-20-22-24-26-28-30-32-34-36-37-38-40-42-44-46-48-50-52-54-56-58-60-62-64-66-68-75(78)84-73(72-83-85(79,80)82-70-69-76(3,4)5)71-81-74(77)67-65-63-61-59-57-55-53-51-49-47-45-43-41-39-35-33-31-29-27-25-23-21-19-17-15-13-11-9-7-2/h73H,6-72H2,1-5H3. The maximum Gasteiger partial charge on any atom is 0.306 e. The number of quaternary nitrogens is 1. The van der Waals surface area contributed by atoms with Crippen molar-refractivity contribution in [2.75, 3.05) is 47.5 Å². The molecule has 0 heterocycles. The summed E-state index contributed by atoms with van der Waals surface area (Å²) < 4.78 is 34.4. The molecule has 0 rings (SSSR count). The monoisotopic (exact) mass is 1220 g/mol. The van der Waals surface area contributed by atoms with Crippen molar-refractivity contribution in [1.82, 2.24) is 0 Å². The molecule has 0 aromatic carbocycles. The lowest BCUT2D eigenvalue weighted by Gasteiger charge is -2.28. The predicted molar refractivity (Wildman–Crippen MR) is 365 cm³/mol. The minimum atomic E-state index is -4.64. The zero-order valence-corrected chi connectivity index (χ0v) is 59.0. The van der Waals surface area contributed by atoms with Gasteiger partial charge < -0.3 is 27.9 Å². The second kappa shape index (κ2) is 67.4. The highest BCUT2D eigenvalue weighted by atomic mass is 31.2. The van der Waals surface area contributed by atoms with Gasteiger partial charge in [0.25, 0.3) is 7.82 Å². The van der Waals surface area contributed by atoms with Crippen LogP contribution in [0, 0.1) is 0 Å². The van der Waals surface area contributed by atoms with Crippen LogP contribution in [-0.4, -0.2) is 70.0 Å². The van der Waals surface area contributed by atoms with Crippen molar-refractivity contribution in [2.45, 2.75) is 424 Å². The Morgan fingerprint density at radius 2 is 0.529 bits per heavy atom. The first-order valence-corrected chi connectivity index (χ1v) is 39.7. The van der Waals surface area contributed by atoms with Crippen LogP contribution < -0.4 is 4.89 Å². The topological polar surface area (TPSA) is 111 Å². The van der Waals surface area contributed by atoms with Gasteiger partial charge in [0.2, 0.25) is 0 Å². The highest BCUT2D eigenvalue weighted by molar-refractivity contribution is 7.45. The van der Waals surface area contributed by atoms with Gasteiger partial charge in [-0.3, -0.25) is 14.2 Å². The van der Waals surface area contributed by atoms with E-state index in [1.807, 2.05) is 21.1 Å². The summed E-state index contributed by atoms with van der Waals surface area (Å²) in [5.41, 5.74) is 0. The molecule has 0 spiro atoms. The second-order valence-electron chi connectivity index (χ2n) is 27.7. The summed E-state index contributed by atoms with van der Waals surface area (Å²) in [6.45, 7) is 4.35. The van der Waals surface area contributed by atoms with E-state index >= 15 is 0 Å². The van der Waals surface area contributed by atoms with Crippen molar-refractivity contribution < 1.29 is 42.1 Å². The highest BCUT2D eigenvalue weighted by Crippen LogP contribution is 2.38. The Balaban J connectivity index is 3.92. The number of nitrogens with zero attached hydrogens (tertiary/aromatic N) is 1. The fraction of sp³-hybridized carbons (Fsp3) is 0.973. The first-order valence-electron chi connectivity index (χ1n) is 38.2. The summed E-state index contributed by atoms with van der Waals surface area (Å²) in [5, 5.41) is 0. The van der Waals surface area contributed by atoms with Gasteiger partial charge in [0.05, 0.1) is 27.7 Å². The van der Waals surface area contributed by atoms with Gasteiger partial charge in [-0.05, 0) is 12.8 Å². The molecule has 0 saturated heterocycles. The van der Waals surface area contributed by atoms with E-state index in [9.17, 15) is 19.0 Å². The molecular weight excluding hydrogens is 1070 g/mol. The normalized spacial score (nSPS) is 13.0. The summed E-state index contributed by atoms with van der Waals surface area (Å²) in [5.74, 6) is -0.801. The van der Waals surface area contributed by atoms with Crippen molar-refractivity contribution in [1.29, 1.82) is 0 Å². The number of rotatable bonds is 73. The highest BCUT2D eigenvalue weighted by Gasteiger charge is 2.22. The molecule has 0 aromatic rings. The number of phosphoric ester groups is 1. The zero-order chi connectivity index (χ0) is 61.9. The molecule has 0 aliphatic carbocycles. The van der Waals surface area contributed by atoms with Crippen LogP contribution in [0.5, 0.6) is 0 Å². The molecule has 0 fully saturated rings. The summed E-state index contributed by atoms with van der Waals surface area (Å²) in [6.07, 6.45) is 82.2. The third-order valence-electron chi connectivity index (χ3n) is 17.9. The number of hydrogen-bond acceptors (Lipinski definition) is 8. The number of esters is 2. The molecule has 10 heteroatoms. The van der Waals surface area contributed by atoms with E-state index in [0.29, 0.717) is 17.4 Å². The lowest BCUT2D eigenvalue weighted by atomic mass is 10.0. The zero-order valence-electron chi connectivity index (χ0n) is 58.1. The molecule has 2 atom stereocenters. The summed E-state index contributed by atoms with van der Waals surface area (Å²) >= 11 is 0. The van der Waals surface area contributed by atoms with Crippen LogP contribution in [0.4, 0.5) is 0 Å². The summed E-state index contributed by atoms with van der Waals surface area (Å²) in [6, 6.07) is 0. The maximum absolute atomic E-state index is 12.9. The SMILES string of the molecule is CCCCCCCCCCCCCCCCCCCCCCCCCCCCCCCCCCC(=O)OC(COC(=O)CCCCCCCCCCCCCCCCCCCCCCCCCCCCCCC)COP(=O)([O-])OCC[N+](C)(C)C. The largest absolute Gasteiger partial charge is 0.756 e. The number of hydrogen-bond donors (Lipinski definition) is 0. The van der Waals surface area contributed by atoms with Gasteiger partial charge in [0, 0.05) is 12.8 Å². The van der Waals surface area contributed by atoms with Crippen molar-refractivity contribution >= 4 is 19.8 Å². The van der Waals surface area contributed by atoms with Gasteiger partial charge >= 0.3 is 11.9 Å². The van der Waals surface area contributed by atoms with Crippen LogP contribution in [0.25, 0.3) is 0 Å². The third-order valence-corrected chi connectivity index (χ3v) is 18.8. The third kappa shape index (κ3) is 72.0. The number of carbonyl (C=O) groups is 2. The van der Waals surface area contributed by atoms with Crippen LogP contribution in [0.15, 0.2) is 0 Å². The van der Waals surface area contributed by atoms with E-state index < -0.39 is 26.5 Å². The Labute approximate surface area is 531 Å². The van der Waals surface area contributed by atoms with Gasteiger partial charge in [0.1, 0.15) is 19.8 Å². The molecule has 0 bridgehead atoms. The second-order valence-corrected chi connectivity index (χ2v) is 29.2. The van der Waals surface area contributed by atoms with Crippen LogP contribution >= 0.6 is 7.82 Å². The molecule has 9 nitrogen and oxygen atoms in total. The predicted octanol–water partition coefficient (Wildman–Crippen LogP) is 24.3. The average Bonchev–Trinajstić information content (AvgIpc) is 3.52. The average molecular weight is 1220 g/mol. The molecule has 508 valence electrons. The van der Waals surface area contributed by atoms with Crippen LogP contribution in [0.1, 0.15) is 418 Å². The number of likely N-dealkylation sites (N-methyl/N-ethyl adjacent to an activating group) is 1. The Morgan fingerprint density at radius 3 is 0.753 bits per heavy atom. The molecule has 85 heavy (non-hydrogen) atoms. The fourth-order valence-corrected chi connectivity index (χ4v) is 12.7. The minimum Gasteiger partial charge on any atom is -0.756 e. The van der Waals surface area contributed by atoms with E-state index in [1.165, 1.54) is 353 Å². The molecule has 0 saturated carbocycles. The number of unbranched alkanes of at least 4 members (excludes halogenated alkanes) is 59. The van der Waals surface area contributed by atoms with Gasteiger partial charge in [-0.1, -0.05) is 393 Å². The summed E-state index contributed by atoms with van der Waals surface area (Å²) in [4.78, 5) is 38.1. The molecule has 0 aliphatic rings. The van der Waals surface area contributed by atoms with Gasteiger partial charge in [-0.15, -0.1) is 0 Å². The Morgan fingerprint density at radius 1 is 0.318 bits per heavy atom. The van der Waals surface area contributed by atoms with Crippen LogP contribution in [-0.2, 0) is 32.7 Å². The molecule has 0 radical (unpaired) electrons. The quantitative estimate of drug-likeness (QED) is 0.0256. The minimum absolute atomic E-state index is 0.0247. The maximum atomic E-state index is 12.9. The number of carbonyl (C=O) groups excluding carboxylic acids is 2. The van der Waals surface area contributed by atoms with Gasteiger partial charge in [-0.2, -0.15) is 0 Å². The molecule has 0 N–H and O–H groups in total. The van der Waals surface area contributed by atoms with Gasteiger partial charge in [-0.25, -0.2) is 0 Å². The van der Waals surface area contributed by atoms with E-state index in [4.69, 9.17) is 18.5 Å². The van der Waals surface area contributed by atoms with Crippen LogP contribution in [0.2, 0.25) is 0 Å². The van der Waals surface area contributed by atoms with Crippen molar-refractivity contribution in [3.8, 4) is 0 Å². The molecular formula is C75H150NO8P. The molecule has 0 aliphatic heterocycles. The fourth-order valence-electron chi connectivity index (χ4n) is 12.0. The van der Waals surface area contributed by atoms with Gasteiger partial charge in [0.15, 0.2) is 6.10 Å². The lowest BCUT2D eigenvalue weighted by Crippen LogP contribution is -2.37. The lowest BCUT2D eigenvalue weighted by molar-refractivity contribution is -0.870. The van der Waals surface area contributed by atoms with E-state index in [0.717, 1.165) is 32.1 Å². The van der Waals surface area contributed by atoms with E-state index in [1.54, 1.807) is 0 Å². The number of ether oxygens (including phenoxy) is 2. The smallest absolute Gasteiger partial charge is 0.306 e. The van der Waals surface area contributed by atoms with Crippen LogP contribution in [0.3, 0.4) is 0 Å². The van der Waals surface area contributed by atoms with Crippen molar-refractivity contribution in [3.05, 3.63) is 0 Å². The summed E-state index contributed by atoms with van der Waals surface area (Å²) in [7, 11) is 1.20. The van der Waals surface area contributed by atoms with E-state index in [2.05, 4.69) is 13.8 Å². The van der Waals surface area contributed by atoms with E-state index in [-0.39, 0.29) is 32.0 Å². The molecule has 2 unspecified atom stereocenters. The Bertz CT molecular complexity index is 1390. The molecule has 0 aromatic heterocycles.